The van der Waals surface area contributed by atoms with Gasteiger partial charge in [-0.15, -0.1) is 0 Å². The number of amides is 1. The maximum absolute atomic E-state index is 11.9. The molecule has 0 saturated carbocycles. The van der Waals surface area contributed by atoms with E-state index < -0.39 is 6.04 Å². The lowest BCUT2D eigenvalue weighted by Crippen LogP contribution is -2.49. The molecule has 0 radical (unpaired) electrons. The Labute approximate surface area is 123 Å². The van der Waals surface area contributed by atoms with E-state index in [0.717, 1.165) is 26.1 Å². The summed E-state index contributed by atoms with van der Waals surface area (Å²) in [6.45, 7) is 13.8. The summed E-state index contributed by atoms with van der Waals surface area (Å²) in [5, 5.41) is 2.93. The van der Waals surface area contributed by atoms with Crippen molar-refractivity contribution in [1.29, 1.82) is 0 Å². The van der Waals surface area contributed by atoms with Crippen molar-refractivity contribution in [1.82, 2.24) is 10.2 Å². The minimum atomic E-state index is -0.453. The smallest absolute Gasteiger partial charge is 0.237 e. The van der Waals surface area contributed by atoms with Gasteiger partial charge in [-0.05, 0) is 25.7 Å². The first-order chi connectivity index (χ1) is 9.20. The zero-order valence-electron chi connectivity index (χ0n) is 13.6. The van der Waals surface area contributed by atoms with E-state index in [4.69, 9.17) is 10.5 Å². The molecule has 0 aromatic heterocycles. The minimum absolute atomic E-state index is 0.0544. The molecule has 1 heterocycles. The molecule has 0 aromatic rings. The number of nitrogens with two attached hydrogens (primary N) is 1. The molecule has 1 aliphatic heterocycles. The van der Waals surface area contributed by atoms with Crippen molar-refractivity contribution in [2.45, 2.75) is 59.3 Å². The molecule has 1 amide bonds. The van der Waals surface area contributed by atoms with E-state index >= 15 is 0 Å². The second-order valence-corrected chi connectivity index (χ2v) is 7.01. The Morgan fingerprint density at radius 2 is 1.90 bits per heavy atom. The van der Waals surface area contributed by atoms with Crippen LogP contribution >= 0.6 is 0 Å². The third kappa shape index (κ3) is 5.77. The van der Waals surface area contributed by atoms with Crippen molar-refractivity contribution >= 4 is 5.91 Å². The van der Waals surface area contributed by atoms with Gasteiger partial charge in [0.05, 0.1) is 18.2 Å². The van der Waals surface area contributed by atoms with E-state index in [2.05, 4.69) is 24.1 Å². The van der Waals surface area contributed by atoms with Gasteiger partial charge < -0.3 is 15.8 Å². The quantitative estimate of drug-likeness (QED) is 0.739. The number of rotatable bonds is 5. The fourth-order valence-corrected chi connectivity index (χ4v) is 2.48. The lowest BCUT2D eigenvalue weighted by Gasteiger charge is -2.35. The van der Waals surface area contributed by atoms with Crippen LogP contribution in [0, 0.1) is 5.41 Å². The van der Waals surface area contributed by atoms with E-state index in [1.807, 2.05) is 20.8 Å². The van der Waals surface area contributed by atoms with Gasteiger partial charge in [0, 0.05) is 26.2 Å². The number of carbonyl (C=O) groups is 1. The highest BCUT2D eigenvalue weighted by Gasteiger charge is 2.27. The van der Waals surface area contributed by atoms with Gasteiger partial charge in [0.2, 0.25) is 5.91 Å². The number of hydrogen-bond acceptors (Lipinski definition) is 4. The average molecular weight is 285 g/mol. The standard InChI is InChI=1S/C15H31N3O2/c1-11-9-18(10-12(2)20-11)8-6-7-17-14(19)13(16)15(3,4)5/h11-13H,6-10,16H2,1-5H3,(H,17,19)/t11?,12?,13-/m1/s1. The summed E-state index contributed by atoms with van der Waals surface area (Å²) in [5.41, 5.74) is 5.72. The number of nitrogens with zero attached hydrogens (tertiary/aromatic N) is 1. The first kappa shape index (κ1) is 17.4. The van der Waals surface area contributed by atoms with Crippen molar-refractivity contribution in [2.24, 2.45) is 11.1 Å². The Balaban J connectivity index is 2.20. The maximum atomic E-state index is 11.9. The molecule has 5 heteroatoms. The Bertz CT molecular complexity index is 305. The van der Waals surface area contributed by atoms with Crippen molar-refractivity contribution in [2.75, 3.05) is 26.2 Å². The summed E-state index contributed by atoms with van der Waals surface area (Å²) in [6.07, 6.45) is 1.53. The fraction of sp³-hybridized carbons (Fsp3) is 0.933. The third-order valence-electron chi connectivity index (χ3n) is 3.66. The van der Waals surface area contributed by atoms with Crippen LogP contribution in [0.4, 0.5) is 0 Å². The first-order valence-corrected chi connectivity index (χ1v) is 7.61. The molecule has 0 bridgehead atoms. The van der Waals surface area contributed by atoms with E-state index in [9.17, 15) is 4.79 Å². The number of hydrogen-bond donors (Lipinski definition) is 2. The van der Waals surface area contributed by atoms with E-state index in [0.29, 0.717) is 18.8 Å². The molecule has 0 aromatic carbocycles. The molecule has 5 nitrogen and oxygen atoms in total. The topological polar surface area (TPSA) is 67.6 Å². The van der Waals surface area contributed by atoms with Gasteiger partial charge in [-0.2, -0.15) is 0 Å². The highest BCUT2D eigenvalue weighted by atomic mass is 16.5. The molecule has 1 rings (SSSR count). The largest absolute Gasteiger partial charge is 0.373 e. The second-order valence-electron chi connectivity index (χ2n) is 7.01. The van der Waals surface area contributed by atoms with Crippen LogP contribution in [0.5, 0.6) is 0 Å². The predicted octanol–water partition coefficient (Wildman–Crippen LogP) is 0.975. The number of ether oxygens (including phenoxy) is 1. The van der Waals surface area contributed by atoms with Crippen LogP contribution in [0.15, 0.2) is 0 Å². The molecular formula is C15H31N3O2. The minimum Gasteiger partial charge on any atom is -0.373 e. The highest BCUT2D eigenvalue weighted by molar-refractivity contribution is 5.82. The van der Waals surface area contributed by atoms with Crippen molar-refractivity contribution in [3.8, 4) is 0 Å². The summed E-state index contributed by atoms with van der Waals surface area (Å²) in [5.74, 6) is -0.0544. The monoisotopic (exact) mass is 285 g/mol. The van der Waals surface area contributed by atoms with Gasteiger partial charge in [0.15, 0.2) is 0 Å². The van der Waals surface area contributed by atoms with Crippen LogP contribution in [0.2, 0.25) is 0 Å². The Hall–Kier alpha value is -0.650. The fourth-order valence-electron chi connectivity index (χ4n) is 2.48. The molecule has 118 valence electrons. The van der Waals surface area contributed by atoms with Crippen LogP contribution in [0.1, 0.15) is 41.0 Å². The van der Waals surface area contributed by atoms with Crippen molar-refractivity contribution < 1.29 is 9.53 Å². The SMILES string of the molecule is CC1CN(CCCNC(=O)[C@@H](N)C(C)(C)C)CC(C)O1. The molecule has 0 aliphatic carbocycles. The van der Waals surface area contributed by atoms with E-state index in [1.165, 1.54) is 0 Å². The van der Waals surface area contributed by atoms with Gasteiger partial charge in [-0.1, -0.05) is 20.8 Å². The lowest BCUT2D eigenvalue weighted by atomic mass is 9.87. The normalized spacial score (nSPS) is 26.3. The summed E-state index contributed by atoms with van der Waals surface area (Å²) in [6, 6.07) is -0.453. The summed E-state index contributed by atoms with van der Waals surface area (Å²) >= 11 is 0. The number of nitrogens with one attached hydrogen (secondary N) is 1. The molecule has 1 fully saturated rings. The van der Waals surface area contributed by atoms with Gasteiger partial charge in [0.25, 0.3) is 0 Å². The van der Waals surface area contributed by atoms with Gasteiger partial charge >= 0.3 is 0 Å². The third-order valence-corrected chi connectivity index (χ3v) is 3.66. The Morgan fingerprint density at radius 3 is 2.40 bits per heavy atom. The van der Waals surface area contributed by atoms with Crippen LogP contribution in [-0.4, -0.2) is 55.2 Å². The predicted molar refractivity (Wildman–Crippen MR) is 81.5 cm³/mol. The molecule has 3 N–H and O–H groups in total. The Morgan fingerprint density at radius 1 is 1.35 bits per heavy atom. The van der Waals surface area contributed by atoms with Crippen LogP contribution < -0.4 is 11.1 Å². The molecule has 0 spiro atoms. The van der Waals surface area contributed by atoms with Crippen LogP contribution in [0.25, 0.3) is 0 Å². The average Bonchev–Trinajstić information content (AvgIpc) is 2.31. The molecule has 2 unspecified atom stereocenters. The molecule has 20 heavy (non-hydrogen) atoms. The van der Waals surface area contributed by atoms with Gasteiger partial charge in [0.1, 0.15) is 0 Å². The van der Waals surface area contributed by atoms with Crippen molar-refractivity contribution in [3.63, 3.8) is 0 Å². The summed E-state index contributed by atoms with van der Waals surface area (Å²) < 4.78 is 5.70. The van der Waals surface area contributed by atoms with E-state index in [1.54, 1.807) is 0 Å². The molecule has 1 aliphatic rings. The summed E-state index contributed by atoms with van der Waals surface area (Å²) in [7, 11) is 0. The number of morpholine rings is 1. The van der Waals surface area contributed by atoms with E-state index in [-0.39, 0.29) is 11.3 Å². The second kappa shape index (κ2) is 7.38. The summed E-state index contributed by atoms with van der Waals surface area (Å²) in [4.78, 5) is 14.3. The van der Waals surface area contributed by atoms with Crippen LogP contribution in [0.3, 0.4) is 0 Å². The first-order valence-electron chi connectivity index (χ1n) is 7.61. The maximum Gasteiger partial charge on any atom is 0.237 e. The highest BCUT2D eigenvalue weighted by Crippen LogP contribution is 2.17. The Kier molecular flexibility index (Phi) is 6.43. The van der Waals surface area contributed by atoms with Gasteiger partial charge in [-0.3, -0.25) is 9.69 Å². The zero-order valence-corrected chi connectivity index (χ0v) is 13.6. The zero-order chi connectivity index (χ0) is 15.3. The lowest BCUT2D eigenvalue weighted by molar-refractivity contribution is -0.124. The van der Waals surface area contributed by atoms with Crippen LogP contribution in [-0.2, 0) is 9.53 Å². The molecule has 1 saturated heterocycles. The van der Waals surface area contributed by atoms with Crippen molar-refractivity contribution in [3.05, 3.63) is 0 Å². The molecule has 3 atom stereocenters. The molecular weight excluding hydrogens is 254 g/mol. The number of carbonyl (C=O) groups excluding carboxylic acids is 1. The van der Waals surface area contributed by atoms with Gasteiger partial charge in [-0.25, -0.2) is 0 Å².